The van der Waals surface area contributed by atoms with Crippen LogP contribution in [-0.2, 0) is 20.4 Å². The number of hydrogen-bond acceptors (Lipinski definition) is 9. The first kappa shape index (κ1) is 35.1. The molecule has 240 valence electrons. The van der Waals surface area contributed by atoms with Crippen molar-refractivity contribution in [3.63, 3.8) is 0 Å². The van der Waals surface area contributed by atoms with Gasteiger partial charge < -0.3 is 29.6 Å². The maximum absolute atomic E-state index is 13.0. The molecule has 3 rings (SSSR count). The number of hydrogen-bond donors (Lipinski definition) is 3. The number of imidazole rings is 1. The van der Waals surface area contributed by atoms with Crippen LogP contribution >= 0.6 is 26.5 Å². The molecule has 0 fully saturated rings. The largest absolute Gasteiger partial charge is 0.493 e. The number of alkyl halides is 6. The standard InChI is InChI=1S/C23H29F6N5O6P2S/c1-13(2)9-39-15-5-4-6-16(7-15)43-19-17-18(32-20(30)33-19)34(12-31-17)8-14(3)40-21(41(35,36)10-22(24,25)26)42(37,38)11-23(27,28)29/h4-7,12-14,21H,8-11H2,1-3H3,(H,35,36)(H,37,38)(H2,30,32,33). The van der Waals surface area contributed by atoms with Gasteiger partial charge in [0, 0.05) is 4.90 Å². The Morgan fingerprint density at radius 2 is 1.63 bits per heavy atom. The summed E-state index contributed by atoms with van der Waals surface area (Å²) in [4.78, 5) is 33.3. The Morgan fingerprint density at radius 1 is 1.02 bits per heavy atom. The zero-order valence-corrected chi connectivity index (χ0v) is 25.5. The molecule has 2 aromatic heterocycles. The number of ether oxygens (including phenoxy) is 2. The first-order valence-corrected chi connectivity index (χ1v) is 17.1. The Kier molecular flexibility index (Phi) is 10.9. The van der Waals surface area contributed by atoms with Crippen molar-refractivity contribution in [2.45, 2.75) is 61.3 Å². The molecule has 0 saturated carbocycles. The fraction of sp³-hybridized carbons (Fsp3) is 0.522. The molecule has 4 N–H and O–H groups in total. The maximum atomic E-state index is 13.0. The molecule has 0 amide bonds. The summed E-state index contributed by atoms with van der Waals surface area (Å²) >= 11 is 1.17. The zero-order valence-electron chi connectivity index (χ0n) is 22.9. The molecule has 0 radical (unpaired) electrons. The van der Waals surface area contributed by atoms with E-state index in [1.807, 2.05) is 13.8 Å². The third-order valence-electron chi connectivity index (χ3n) is 5.36. The fourth-order valence-electron chi connectivity index (χ4n) is 3.81. The molecule has 1 aromatic carbocycles. The number of nitrogens with zero attached hydrogens (tertiary/aromatic N) is 4. The molecule has 3 atom stereocenters. The number of fused-ring (bicyclic) bond motifs is 1. The molecule has 43 heavy (non-hydrogen) atoms. The van der Waals surface area contributed by atoms with Crippen LogP contribution < -0.4 is 10.5 Å². The second kappa shape index (κ2) is 13.3. The predicted molar refractivity (Wildman–Crippen MR) is 146 cm³/mol. The summed E-state index contributed by atoms with van der Waals surface area (Å²) in [6.45, 7) is 5.20. The molecule has 11 nitrogen and oxygen atoms in total. The van der Waals surface area contributed by atoms with Crippen molar-refractivity contribution in [1.29, 1.82) is 0 Å². The van der Waals surface area contributed by atoms with Crippen molar-refractivity contribution in [2.24, 2.45) is 5.92 Å². The summed E-state index contributed by atoms with van der Waals surface area (Å²) in [6.07, 6.45) is -16.0. The van der Waals surface area contributed by atoms with Crippen LogP contribution in [0.4, 0.5) is 32.3 Å². The van der Waals surface area contributed by atoms with E-state index >= 15 is 0 Å². The van der Waals surface area contributed by atoms with Crippen molar-refractivity contribution in [2.75, 3.05) is 24.7 Å². The maximum Gasteiger partial charge on any atom is 0.398 e. The van der Waals surface area contributed by atoms with Crippen molar-refractivity contribution in [3.8, 4) is 5.75 Å². The van der Waals surface area contributed by atoms with Crippen molar-refractivity contribution in [3.05, 3.63) is 30.6 Å². The minimum Gasteiger partial charge on any atom is -0.493 e. The van der Waals surface area contributed by atoms with E-state index in [4.69, 9.17) is 15.2 Å². The van der Waals surface area contributed by atoms with Gasteiger partial charge in [-0.3, -0.25) is 9.13 Å². The molecule has 3 unspecified atom stereocenters. The van der Waals surface area contributed by atoms with Gasteiger partial charge in [0.15, 0.2) is 5.65 Å². The van der Waals surface area contributed by atoms with Gasteiger partial charge in [-0.25, -0.2) is 9.97 Å². The molecule has 3 aromatic rings. The molecule has 0 spiro atoms. The molecule has 0 aliphatic heterocycles. The Bertz CT molecular complexity index is 1490. The van der Waals surface area contributed by atoms with E-state index in [-0.39, 0.29) is 17.1 Å². The summed E-state index contributed by atoms with van der Waals surface area (Å²) in [7, 11) is -11.7. The monoisotopic (exact) mass is 679 g/mol. The quantitative estimate of drug-likeness (QED) is 0.111. The number of halogens is 6. The molecule has 0 saturated heterocycles. The Balaban J connectivity index is 1.88. The number of nitrogen functional groups attached to an aromatic ring is 1. The van der Waals surface area contributed by atoms with E-state index in [1.54, 1.807) is 24.3 Å². The van der Waals surface area contributed by atoms with E-state index < -0.39 is 57.6 Å². The smallest absolute Gasteiger partial charge is 0.398 e. The van der Waals surface area contributed by atoms with Crippen LogP contribution in [0.1, 0.15) is 20.8 Å². The Hall–Kier alpha value is -2.36. The van der Waals surface area contributed by atoms with E-state index in [0.29, 0.717) is 28.2 Å². The second-order valence-corrected chi connectivity index (χ2v) is 16.1. The predicted octanol–water partition coefficient (Wildman–Crippen LogP) is 5.95. The summed E-state index contributed by atoms with van der Waals surface area (Å²) in [5.41, 5.74) is 3.04. The van der Waals surface area contributed by atoms with Crippen LogP contribution in [0.3, 0.4) is 0 Å². The third-order valence-corrected chi connectivity index (χ3v) is 11.7. The van der Waals surface area contributed by atoms with E-state index in [0.717, 1.165) is 6.92 Å². The van der Waals surface area contributed by atoms with E-state index in [2.05, 4.69) is 15.0 Å². The third kappa shape index (κ3) is 10.4. The van der Waals surface area contributed by atoms with Gasteiger partial charge in [0.2, 0.25) is 26.3 Å². The average Bonchev–Trinajstić information content (AvgIpc) is 3.20. The summed E-state index contributed by atoms with van der Waals surface area (Å²) in [6, 6.07) is 7.10. The highest BCUT2D eigenvalue weighted by Crippen LogP contribution is 2.67. The normalized spacial score (nSPS) is 17.0. The summed E-state index contributed by atoms with van der Waals surface area (Å²) in [5, 5.41) is 0.309. The lowest BCUT2D eigenvalue weighted by molar-refractivity contribution is -0.109. The molecule has 0 aliphatic carbocycles. The summed E-state index contributed by atoms with van der Waals surface area (Å²) in [5.74, 6) is 0.720. The van der Waals surface area contributed by atoms with Crippen LogP contribution in [0, 0.1) is 5.92 Å². The van der Waals surface area contributed by atoms with Gasteiger partial charge in [0.05, 0.1) is 25.6 Å². The summed E-state index contributed by atoms with van der Waals surface area (Å²) < 4.78 is 115. The molecule has 0 aliphatic rings. The van der Waals surface area contributed by atoms with Crippen molar-refractivity contribution >= 4 is 43.6 Å². The number of rotatable bonds is 13. The van der Waals surface area contributed by atoms with Gasteiger partial charge in [0.25, 0.3) is 0 Å². The van der Waals surface area contributed by atoms with Gasteiger partial charge in [0.1, 0.15) is 28.6 Å². The van der Waals surface area contributed by atoms with Crippen LogP contribution in [0.2, 0.25) is 0 Å². The molecule has 0 bridgehead atoms. The van der Waals surface area contributed by atoms with Crippen LogP contribution in [0.5, 0.6) is 5.75 Å². The molecular weight excluding hydrogens is 650 g/mol. The first-order valence-electron chi connectivity index (χ1n) is 12.5. The second-order valence-electron chi connectivity index (χ2n) is 10.1. The number of anilines is 1. The van der Waals surface area contributed by atoms with Crippen LogP contribution in [0.15, 0.2) is 40.5 Å². The van der Waals surface area contributed by atoms with Gasteiger partial charge in [-0.05, 0) is 31.0 Å². The highest BCUT2D eigenvalue weighted by atomic mass is 32.2. The van der Waals surface area contributed by atoms with Crippen molar-refractivity contribution < 1.29 is 54.7 Å². The molecule has 20 heteroatoms. The van der Waals surface area contributed by atoms with Gasteiger partial charge >= 0.3 is 12.4 Å². The average molecular weight is 680 g/mol. The van der Waals surface area contributed by atoms with Crippen LogP contribution in [0.25, 0.3) is 11.2 Å². The molecular formula is C23H29F6N5O6P2S. The number of benzene rings is 1. The minimum absolute atomic E-state index is 0.0964. The van der Waals surface area contributed by atoms with Crippen LogP contribution in [-0.4, -0.2) is 72.3 Å². The Morgan fingerprint density at radius 3 is 2.19 bits per heavy atom. The van der Waals surface area contributed by atoms with Gasteiger partial charge in [-0.15, -0.1) is 0 Å². The number of nitrogens with two attached hydrogens (primary N) is 1. The Labute approximate surface area is 246 Å². The first-order chi connectivity index (χ1) is 19.6. The van der Waals surface area contributed by atoms with Crippen molar-refractivity contribution in [1.82, 2.24) is 19.5 Å². The lowest BCUT2D eigenvalue weighted by Crippen LogP contribution is -2.30. The van der Waals surface area contributed by atoms with E-state index in [1.165, 1.54) is 22.7 Å². The zero-order chi connectivity index (χ0) is 32.4. The number of aromatic nitrogens is 4. The minimum atomic E-state index is -5.84. The van der Waals surface area contributed by atoms with Gasteiger partial charge in [-0.1, -0.05) is 31.7 Å². The molecule has 2 heterocycles. The highest BCUT2D eigenvalue weighted by Gasteiger charge is 2.55. The lowest BCUT2D eigenvalue weighted by atomic mass is 10.2. The fourth-order valence-corrected chi connectivity index (χ4v) is 9.62. The lowest BCUT2D eigenvalue weighted by Gasteiger charge is -2.30. The van der Waals surface area contributed by atoms with Gasteiger partial charge in [-0.2, -0.15) is 31.3 Å². The highest BCUT2D eigenvalue weighted by molar-refractivity contribution is 7.99. The topological polar surface area (TPSA) is 163 Å². The van der Waals surface area contributed by atoms with E-state index in [9.17, 15) is 45.3 Å². The SMILES string of the molecule is CC(C)COc1cccc(Sc2nc(N)nc3c2ncn3CC(C)OC(P(=O)(O)CC(F)(F)F)P(=O)(O)CC(F)(F)F)c1.